The third kappa shape index (κ3) is 8.03. The molecule has 2 heterocycles. The Kier molecular flexibility index (Phi) is 10.5. The topological polar surface area (TPSA) is 73.4 Å². The number of hydrogen-bond acceptors (Lipinski definition) is 4. The zero-order valence-electron chi connectivity index (χ0n) is 26.8. The van der Waals surface area contributed by atoms with E-state index in [-0.39, 0.29) is 30.0 Å². The number of urea groups is 1. The number of carbonyl (C=O) groups is 3. The molecule has 0 spiro atoms. The number of halogens is 5. The van der Waals surface area contributed by atoms with E-state index >= 15 is 0 Å². The van der Waals surface area contributed by atoms with E-state index in [0.29, 0.717) is 55.0 Å². The van der Waals surface area contributed by atoms with Crippen molar-refractivity contribution in [1.82, 2.24) is 14.7 Å². The van der Waals surface area contributed by atoms with Crippen LogP contribution in [0.3, 0.4) is 0 Å². The van der Waals surface area contributed by atoms with E-state index in [1.165, 1.54) is 49.2 Å². The van der Waals surface area contributed by atoms with Gasteiger partial charge in [0.2, 0.25) is 11.8 Å². The van der Waals surface area contributed by atoms with Gasteiger partial charge in [-0.05, 0) is 72.4 Å². The Morgan fingerprint density at radius 1 is 0.854 bits per heavy atom. The molecular formula is C35H37ClF4N4O4. The minimum Gasteiger partial charge on any atom is -0.404 e. The van der Waals surface area contributed by atoms with Crippen LogP contribution in [0.1, 0.15) is 37.7 Å². The van der Waals surface area contributed by atoms with E-state index in [2.05, 4.69) is 4.74 Å². The van der Waals surface area contributed by atoms with Crippen LogP contribution < -0.4 is 9.64 Å². The Morgan fingerprint density at radius 2 is 1.46 bits per heavy atom. The molecule has 2 aliphatic heterocycles. The molecule has 0 saturated carbocycles. The zero-order valence-corrected chi connectivity index (χ0v) is 27.6. The third-order valence-corrected chi connectivity index (χ3v) is 9.54. The number of likely N-dealkylation sites (N-methyl/N-ethyl adjacent to an activating group) is 1. The van der Waals surface area contributed by atoms with Crippen molar-refractivity contribution in [2.45, 2.75) is 44.5 Å². The molecular weight excluding hydrogens is 652 g/mol. The molecule has 0 N–H and O–H groups in total. The minimum atomic E-state index is -5.00. The lowest BCUT2D eigenvalue weighted by Crippen LogP contribution is -2.55. The first-order valence-corrected chi connectivity index (χ1v) is 16.1. The highest BCUT2D eigenvalue weighted by Crippen LogP contribution is 2.38. The lowest BCUT2D eigenvalue weighted by molar-refractivity contribution is -0.274. The predicted octanol–water partition coefficient (Wildman–Crippen LogP) is 7.18. The quantitative estimate of drug-likeness (QED) is 0.258. The molecule has 8 nitrogen and oxygen atoms in total. The first-order chi connectivity index (χ1) is 22.7. The first-order valence-electron chi connectivity index (χ1n) is 15.7. The number of hydrogen-bond donors (Lipinski definition) is 0. The number of carbonyl (C=O) groups excluding carboxylic acids is 3. The summed E-state index contributed by atoms with van der Waals surface area (Å²) < 4.78 is 58.6. The Labute approximate surface area is 281 Å². The molecule has 13 heteroatoms. The zero-order chi connectivity index (χ0) is 34.7. The summed E-state index contributed by atoms with van der Waals surface area (Å²) in [7, 11) is 2.95. The van der Waals surface area contributed by atoms with Gasteiger partial charge in [0.15, 0.2) is 5.75 Å². The fourth-order valence-electron chi connectivity index (χ4n) is 6.63. The van der Waals surface area contributed by atoms with E-state index in [9.17, 15) is 31.9 Å². The second-order valence-electron chi connectivity index (χ2n) is 12.3. The van der Waals surface area contributed by atoms with Crippen molar-refractivity contribution in [3.05, 3.63) is 83.1 Å². The summed E-state index contributed by atoms with van der Waals surface area (Å²) in [6, 6.07) is 15.7. The van der Waals surface area contributed by atoms with Crippen LogP contribution in [0.5, 0.6) is 5.75 Å². The number of ether oxygens (including phenoxy) is 1. The molecule has 2 saturated heterocycles. The normalized spacial score (nSPS) is 18.8. The van der Waals surface area contributed by atoms with Gasteiger partial charge in [-0.2, -0.15) is 0 Å². The highest BCUT2D eigenvalue weighted by atomic mass is 35.5. The molecule has 4 amide bonds. The van der Waals surface area contributed by atoms with E-state index in [1.54, 1.807) is 53.2 Å². The Bertz CT molecular complexity index is 1630. The maximum absolute atomic E-state index is 14.1. The van der Waals surface area contributed by atoms with Crippen molar-refractivity contribution in [1.29, 1.82) is 0 Å². The summed E-state index contributed by atoms with van der Waals surface area (Å²) in [4.78, 5) is 45.6. The molecule has 3 aromatic rings. The molecule has 2 atom stereocenters. The molecule has 48 heavy (non-hydrogen) atoms. The van der Waals surface area contributed by atoms with Gasteiger partial charge in [-0.25, -0.2) is 9.18 Å². The van der Waals surface area contributed by atoms with E-state index in [0.717, 1.165) is 10.5 Å². The van der Waals surface area contributed by atoms with Crippen LogP contribution in [0.25, 0.3) is 11.1 Å². The van der Waals surface area contributed by atoms with Gasteiger partial charge in [0.25, 0.3) is 0 Å². The van der Waals surface area contributed by atoms with Crippen LogP contribution in [0, 0.1) is 11.7 Å². The molecule has 0 aliphatic carbocycles. The number of alkyl halides is 3. The van der Waals surface area contributed by atoms with Crippen LogP contribution in [-0.2, 0) is 9.59 Å². The average Bonchev–Trinajstić information content (AvgIpc) is 3.07. The number of likely N-dealkylation sites (tertiary alicyclic amines) is 2. The summed E-state index contributed by atoms with van der Waals surface area (Å²) in [6.07, 6.45) is -3.50. The van der Waals surface area contributed by atoms with Crippen LogP contribution in [0.15, 0.2) is 66.7 Å². The number of rotatable bonds is 6. The molecule has 0 radical (unpaired) electrons. The SMILES string of the molecule is CC(=O)N1CCC(C(=O)N2CC[C@@H](N(C)C(=O)N(C)c3cc(-c4ccc(Cl)cc4)ccc3OC(F)(F)F)[C@H](c3ccc(F)cc3)C2)CC1. The summed E-state index contributed by atoms with van der Waals surface area (Å²) in [6.45, 7) is 3.14. The standard InChI is InChI=1S/C35H37ClF4N4O4/c1-22(45)43-17-14-25(15-18-43)33(46)44-19-16-30(29(21-44)24-6-11-28(37)12-7-24)41(2)34(47)42(3)31-20-26(23-4-9-27(36)10-5-23)8-13-32(31)48-35(38,39)40/h4-13,20,25,29-30H,14-19,21H2,1-3H3/t29-,30+/m0/s1. The Morgan fingerprint density at radius 3 is 2.06 bits per heavy atom. The molecule has 2 fully saturated rings. The minimum absolute atomic E-state index is 0.0236. The molecule has 5 rings (SSSR count). The van der Waals surface area contributed by atoms with Crippen LogP contribution in [0.4, 0.5) is 28.0 Å². The van der Waals surface area contributed by atoms with Crippen LogP contribution in [-0.4, -0.2) is 85.2 Å². The lowest BCUT2D eigenvalue weighted by Gasteiger charge is -2.45. The van der Waals surface area contributed by atoms with Gasteiger partial charge in [0.1, 0.15) is 5.82 Å². The van der Waals surface area contributed by atoms with Crippen molar-refractivity contribution < 1.29 is 36.7 Å². The number of benzene rings is 3. The number of anilines is 1. The van der Waals surface area contributed by atoms with Gasteiger partial charge in [-0.3, -0.25) is 14.5 Å². The summed E-state index contributed by atoms with van der Waals surface area (Å²) in [5, 5.41) is 0.492. The Hall–Kier alpha value is -4.32. The monoisotopic (exact) mass is 688 g/mol. The van der Waals surface area contributed by atoms with Crippen molar-refractivity contribution >= 4 is 35.1 Å². The second kappa shape index (κ2) is 14.4. The van der Waals surface area contributed by atoms with Gasteiger partial charge in [0, 0.05) is 70.1 Å². The number of nitrogens with zero attached hydrogens (tertiary/aromatic N) is 4. The van der Waals surface area contributed by atoms with Gasteiger partial charge in [0.05, 0.1) is 5.69 Å². The maximum atomic E-state index is 14.1. The van der Waals surface area contributed by atoms with E-state index in [4.69, 9.17) is 11.6 Å². The average molecular weight is 689 g/mol. The summed E-state index contributed by atoms with van der Waals surface area (Å²) in [5.74, 6) is -1.67. The summed E-state index contributed by atoms with van der Waals surface area (Å²) >= 11 is 6.02. The molecule has 2 aliphatic rings. The first kappa shape index (κ1) is 35.0. The number of amides is 4. The van der Waals surface area contributed by atoms with Crippen LogP contribution >= 0.6 is 11.6 Å². The smallest absolute Gasteiger partial charge is 0.404 e. The second-order valence-corrected chi connectivity index (χ2v) is 12.7. The van der Waals surface area contributed by atoms with E-state index in [1.807, 2.05) is 0 Å². The number of piperidine rings is 2. The van der Waals surface area contributed by atoms with Crippen molar-refractivity contribution in [2.75, 3.05) is 45.2 Å². The molecule has 3 aromatic carbocycles. The third-order valence-electron chi connectivity index (χ3n) is 9.29. The highest BCUT2D eigenvalue weighted by molar-refractivity contribution is 6.30. The fourth-order valence-corrected chi connectivity index (χ4v) is 6.76. The maximum Gasteiger partial charge on any atom is 0.573 e. The Balaban J connectivity index is 1.40. The van der Waals surface area contributed by atoms with E-state index < -0.39 is 35.9 Å². The molecule has 256 valence electrons. The van der Waals surface area contributed by atoms with Gasteiger partial charge < -0.3 is 19.4 Å². The van der Waals surface area contributed by atoms with Gasteiger partial charge in [-0.1, -0.05) is 41.9 Å². The van der Waals surface area contributed by atoms with Gasteiger partial charge in [-0.15, -0.1) is 13.2 Å². The molecule has 0 unspecified atom stereocenters. The molecule has 0 aromatic heterocycles. The lowest BCUT2D eigenvalue weighted by atomic mass is 9.84. The molecule has 0 bridgehead atoms. The predicted molar refractivity (Wildman–Crippen MR) is 174 cm³/mol. The highest BCUT2D eigenvalue weighted by Gasteiger charge is 2.40. The van der Waals surface area contributed by atoms with Crippen molar-refractivity contribution in [3.8, 4) is 16.9 Å². The van der Waals surface area contributed by atoms with Crippen LogP contribution in [0.2, 0.25) is 5.02 Å². The largest absolute Gasteiger partial charge is 0.573 e. The fraction of sp³-hybridized carbons (Fsp3) is 0.400. The summed E-state index contributed by atoms with van der Waals surface area (Å²) in [5.41, 5.74) is 1.84. The van der Waals surface area contributed by atoms with Crippen molar-refractivity contribution in [3.63, 3.8) is 0 Å². The van der Waals surface area contributed by atoms with Crippen molar-refractivity contribution in [2.24, 2.45) is 5.92 Å². The van der Waals surface area contributed by atoms with Gasteiger partial charge >= 0.3 is 12.4 Å².